The Morgan fingerprint density at radius 3 is 2.40 bits per heavy atom. The van der Waals surface area contributed by atoms with Gasteiger partial charge in [-0.15, -0.1) is 12.4 Å². The number of carbonyl (C=O) groups is 1. The maximum Gasteiger partial charge on any atom is 0.238 e. The summed E-state index contributed by atoms with van der Waals surface area (Å²) >= 11 is 0. The third-order valence-corrected chi connectivity index (χ3v) is 3.55. The van der Waals surface area contributed by atoms with E-state index in [2.05, 4.69) is 10.6 Å². The van der Waals surface area contributed by atoms with Crippen molar-refractivity contribution >= 4 is 24.0 Å². The van der Waals surface area contributed by atoms with Gasteiger partial charge in [0, 0.05) is 13.7 Å². The molecule has 25 heavy (non-hydrogen) atoms. The lowest BCUT2D eigenvalue weighted by Gasteiger charge is -2.15. The van der Waals surface area contributed by atoms with Crippen LogP contribution in [0.4, 0.5) is 5.69 Å². The van der Waals surface area contributed by atoms with Crippen LogP contribution in [0, 0.1) is 13.8 Å². The molecule has 0 fully saturated rings. The number of hydrogen-bond donors (Lipinski definition) is 2. The van der Waals surface area contributed by atoms with E-state index in [-0.39, 0.29) is 24.9 Å². The van der Waals surface area contributed by atoms with E-state index < -0.39 is 0 Å². The second kappa shape index (κ2) is 10.7. The van der Waals surface area contributed by atoms with E-state index in [1.165, 1.54) is 0 Å². The predicted molar refractivity (Wildman–Crippen MR) is 103 cm³/mol. The van der Waals surface area contributed by atoms with E-state index in [1.807, 2.05) is 56.3 Å². The number of hydrogen-bond acceptors (Lipinski definition) is 4. The number of rotatable bonds is 8. The zero-order valence-corrected chi connectivity index (χ0v) is 15.6. The predicted octanol–water partition coefficient (Wildman–Crippen LogP) is 3.69. The van der Waals surface area contributed by atoms with Crippen molar-refractivity contribution in [1.82, 2.24) is 5.32 Å². The van der Waals surface area contributed by atoms with Crippen LogP contribution in [-0.4, -0.2) is 32.7 Å². The molecule has 0 aliphatic heterocycles. The van der Waals surface area contributed by atoms with Gasteiger partial charge in [-0.2, -0.15) is 0 Å². The SMILES string of the molecule is COCCNCC(=O)Nc1ccccc1Oc1c(C)cccc1C.Cl. The zero-order valence-electron chi connectivity index (χ0n) is 14.8. The van der Waals surface area contributed by atoms with Crippen LogP contribution in [0.5, 0.6) is 11.5 Å². The van der Waals surface area contributed by atoms with E-state index in [9.17, 15) is 4.79 Å². The molecule has 6 heteroatoms. The summed E-state index contributed by atoms with van der Waals surface area (Å²) in [5, 5.41) is 5.90. The van der Waals surface area contributed by atoms with Gasteiger partial charge in [0.25, 0.3) is 0 Å². The van der Waals surface area contributed by atoms with Gasteiger partial charge in [0.2, 0.25) is 5.91 Å². The molecule has 0 atom stereocenters. The normalized spacial score (nSPS) is 10.0. The lowest BCUT2D eigenvalue weighted by molar-refractivity contribution is -0.115. The summed E-state index contributed by atoms with van der Waals surface area (Å²) in [6, 6.07) is 13.4. The van der Waals surface area contributed by atoms with Crippen molar-refractivity contribution in [3.63, 3.8) is 0 Å². The number of nitrogens with one attached hydrogen (secondary N) is 2. The molecule has 0 aliphatic carbocycles. The fourth-order valence-corrected chi connectivity index (χ4v) is 2.30. The molecular formula is C19H25ClN2O3. The van der Waals surface area contributed by atoms with Crippen LogP contribution in [0.1, 0.15) is 11.1 Å². The molecule has 0 aliphatic rings. The van der Waals surface area contributed by atoms with Crippen LogP contribution in [0.25, 0.3) is 0 Å². The molecule has 0 bridgehead atoms. The Morgan fingerprint density at radius 2 is 1.72 bits per heavy atom. The summed E-state index contributed by atoms with van der Waals surface area (Å²) in [5.74, 6) is 1.32. The Kier molecular flexibility index (Phi) is 8.99. The molecule has 0 spiro atoms. The fraction of sp³-hybridized carbons (Fsp3) is 0.316. The minimum Gasteiger partial charge on any atom is -0.455 e. The smallest absolute Gasteiger partial charge is 0.238 e. The Balaban J connectivity index is 0.00000312. The van der Waals surface area contributed by atoms with Crippen LogP contribution in [0.2, 0.25) is 0 Å². The van der Waals surface area contributed by atoms with Gasteiger partial charge in [-0.25, -0.2) is 0 Å². The van der Waals surface area contributed by atoms with Crippen LogP contribution in [0.15, 0.2) is 42.5 Å². The maximum absolute atomic E-state index is 12.0. The van der Waals surface area contributed by atoms with Crippen molar-refractivity contribution in [2.75, 3.05) is 32.1 Å². The molecule has 0 unspecified atom stereocenters. The summed E-state index contributed by atoms with van der Waals surface area (Å²) < 4.78 is 11.0. The van der Waals surface area contributed by atoms with E-state index >= 15 is 0 Å². The van der Waals surface area contributed by atoms with Crippen LogP contribution >= 0.6 is 12.4 Å². The highest BCUT2D eigenvalue weighted by atomic mass is 35.5. The molecule has 1 amide bonds. The molecule has 136 valence electrons. The first-order chi connectivity index (χ1) is 11.6. The number of anilines is 1. The number of carbonyl (C=O) groups excluding carboxylic acids is 1. The second-order valence-corrected chi connectivity index (χ2v) is 5.54. The van der Waals surface area contributed by atoms with Gasteiger partial charge in [0.15, 0.2) is 5.75 Å². The molecule has 0 saturated heterocycles. The highest BCUT2D eigenvalue weighted by Crippen LogP contribution is 2.33. The van der Waals surface area contributed by atoms with Gasteiger partial charge in [-0.1, -0.05) is 30.3 Å². The molecule has 2 rings (SSSR count). The third-order valence-electron chi connectivity index (χ3n) is 3.55. The van der Waals surface area contributed by atoms with E-state index in [4.69, 9.17) is 9.47 Å². The number of methoxy groups -OCH3 is 1. The number of benzene rings is 2. The first-order valence-electron chi connectivity index (χ1n) is 7.94. The Bertz CT molecular complexity index is 672. The summed E-state index contributed by atoms with van der Waals surface area (Å²) in [7, 11) is 1.63. The molecule has 2 aromatic rings. The van der Waals surface area contributed by atoms with E-state index in [0.29, 0.717) is 24.6 Å². The van der Waals surface area contributed by atoms with Gasteiger partial charge in [-0.05, 0) is 37.1 Å². The Labute approximate surface area is 155 Å². The van der Waals surface area contributed by atoms with E-state index in [0.717, 1.165) is 16.9 Å². The number of ether oxygens (including phenoxy) is 2. The van der Waals surface area contributed by atoms with Gasteiger partial charge in [0.1, 0.15) is 5.75 Å². The number of para-hydroxylation sites is 3. The largest absolute Gasteiger partial charge is 0.455 e. The monoisotopic (exact) mass is 364 g/mol. The molecule has 0 radical (unpaired) electrons. The second-order valence-electron chi connectivity index (χ2n) is 5.54. The fourth-order valence-electron chi connectivity index (χ4n) is 2.30. The van der Waals surface area contributed by atoms with Crippen LogP contribution in [-0.2, 0) is 9.53 Å². The molecular weight excluding hydrogens is 340 g/mol. The van der Waals surface area contributed by atoms with Crippen molar-refractivity contribution in [3.8, 4) is 11.5 Å². The highest BCUT2D eigenvalue weighted by Gasteiger charge is 2.10. The number of amides is 1. The summed E-state index contributed by atoms with van der Waals surface area (Å²) in [6.45, 7) is 5.43. The molecule has 2 N–H and O–H groups in total. The molecule has 0 saturated carbocycles. The summed E-state index contributed by atoms with van der Waals surface area (Å²) in [4.78, 5) is 12.0. The maximum atomic E-state index is 12.0. The van der Waals surface area contributed by atoms with Gasteiger partial charge >= 0.3 is 0 Å². The molecule has 0 aromatic heterocycles. The minimum absolute atomic E-state index is 0. The van der Waals surface area contributed by atoms with Gasteiger partial charge in [0.05, 0.1) is 18.8 Å². The number of halogens is 1. The van der Waals surface area contributed by atoms with Crippen LogP contribution < -0.4 is 15.4 Å². The van der Waals surface area contributed by atoms with Gasteiger partial charge in [-0.3, -0.25) is 4.79 Å². The number of aryl methyl sites for hydroxylation is 2. The van der Waals surface area contributed by atoms with E-state index in [1.54, 1.807) is 7.11 Å². The summed E-state index contributed by atoms with van der Waals surface area (Å²) in [5.41, 5.74) is 2.76. The van der Waals surface area contributed by atoms with Crippen LogP contribution in [0.3, 0.4) is 0 Å². The quantitative estimate of drug-likeness (QED) is 0.701. The molecule has 0 heterocycles. The van der Waals surface area contributed by atoms with Crippen molar-refractivity contribution in [2.45, 2.75) is 13.8 Å². The van der Waals surface area contributed by atoms with Crippen molar-refractivity contribution in [3.05, 3.63) is 53.6 Å². The zero-order chi connectivity index (χ0) is 17.4. The minimum atomic E-state index is -0.122. The molecule has 5 nitrogen and oxygen atoms in total. The lowest BCUT2D eigenvalue weighted by atomic mass is 10.1. The standard InChI is InChI=1S/C19H24N2O3.ClH/c1-14-7-6-8-15(2)19(14)24-17-10-5-4-9-16(17)21-18(22)13-20-11-12-23-3;/h4-10,20H,11-13H2,1-3H3,(H,21,22);1H. The van der Waals surface area contributed by atoms with Crippen molar-refractivity contribution < 1.29 is 14.3 Å². The average Bonchev–Trinajstić information content (AvgIpc) is 2.56. The van der Waals surface area contributed by atoms with Gasteiger partial charge < -0.3 is 20.1 Å². The first kappa shape index (κ1) is 21.0. The third kappa shape index (κ3) is 6.38. The first-order valence-corrected chi connectivity index (χ1v) is 7.94. The Morgan fingerprint density at radius 1 is 1.04 bits per heavy atom. The molecule has 2 aromatic carbocycles. The lowest BCUT2D eigenvalue weighted by Crippen LogP contribution is -2.30. The Hall–Kier alpha value is -2.08. The highest BCUT2D eigenvalue weighted by molar-refractivity contribution is 5.93. The van der Waals surface area contributed by atoms with Crippen molar-refractivity contribution in [2.24, 2.45) is 0 Å². The average molecular weight is 365 g/mol. The topological polar surface area (TPSA) is 59.6 Å². The summed E-state index contributed by atoms with van der Waals surface area (Å²) in [6.07, 6.45) is 0. The van der Waals surface area contributed by atoms with Crippen molar-refractivity contribution in [1.29, 1.82) is 0 Å².